The fourth-order valence-electron chi connectivity index (χ4n) is 7.93. The molecule has 0 aliphatic carbocycles. The first-order valence-corrected chi connectivity index (χ1v) is 20.9. The molecule has 0 radical (unpaired) electrons. The molecule has 0 fully saturated rings. The average Bonchev–Trinajstić information content (AvgIpc) is 3.35. The van der Waals surface area contributed by atoms with Gasteiger partial charge in [-0.15, -0.1) is 0 Å². The van der Waals surface area contributed by atoms with Crippen molar-refractivity contribution >= 4 is 0 Å². The third-order valence-corrected chi connectivity index (χ3v) is 11.3. The number of hydrogen-bond donors (Lipinski definition) is 2. The lowest BCUT2D eigenvalue weighted by Gasteiger charge is -2.16. The summed E-state index contributed by atoms with van der Waals surface area (Å²) in [5.74, 6) is 0.394. The van der Waals surface area contributed by atoms with Crippen molar-refractivity contribution in [3.8, 4) is 112 Å². The molecule has 0 aliphatic rings. The molecule has 3 aromatic heterocycles. The van der Waals surface area contributed by atoms with Crippen LogP contribution >= 0.6 is 0 Å². The van der Waals surface area contributed by atoms with Gasteiger partial charge in [0.1, 0.15) is 11.5 Å². The molecule has 2 N–H and O–H groups in total. The van der Waals surface area contributed by atoms with Crippen LogP contribution in [0, 0.1) is 6.92 Å². The van der Waals surface area contributed by atoms with Gasteiger partial charge in [0.25, 0.3) is 0 Å². The Morgan fingerprint density at radius 1 is 0.238 bits per heavy atom. The maximum absolute atomic E-state index is 10.2. The first-order valence-electron chi connectivity index (χ1n) is 20.9. The Morgan fingerprint density at radius 2 is 0.492 bits per heavy atom. The summed E-state index contributed by atoms with van der Waals surface area (Å²) in [6.07, 6.45) is 0. The molecule has 0 unspecified atom stereocenters. The Kier molecular flexibility index (Phi) is 10.4. The van der Waals surface area contributed by atoms with Gasteiger partial charge in [0.2, 0.25) is 0 Å². The molecule has 0 saturated heterocycles. The van der Waals surface area contributed by atoms with Gasteiger partial charge in [-0.05, 0) is 143 Å². The summed E-state index contributed by atoms with van der Waals surface area (Å²) in [7, 11) is 0. The Bertz CT molecular complexity index is 2840. The lowest BCUT2D eigenvalue weighted by molar-refractivity contribution is 0.475. The van der Waals surface area contributed by atoms with Crippen molar-refractivity contribution < 1.29 is 10.2 Å². The van der Waals surface area contributed by atoms with Crippen LogP contribution < -0.4 is 0 Å². The van der Waals surface area contributed by atoms with Crippen molar-refractivity contribution in [1.29, 1.82) is 0 Å². The van der Waals surface area contributed by atoms with E-state index in [2.05, 4.69) is 134 Å². The molecular weight excluding hydrogens is 771 g/mol. The predicted molar refractivity (Wildman–Crippen MR) is 257 cm³/mol. The summed E-state index contributed by atoms with van der Waals surface area (Å²) < 4.78 is 0. The van der Waals surface area contributed by atoms with Crippen LogP contribution in [-0.4, -0.2) is 25.2 Å². The second kappa shape index (κ2) is 16.9. The summed E-state index contributed by atoms with van der Waals surface area (Å²) >= 11 is 0. The van der Waals surface area contributed by atoms with Crippen LogP contribution in [0.1, 0.15) is 5.56 Å². The lowest BCUT2D eigenvalue weighted by atomic mass is 9.94. The number of nitrogens with zero attached hydrogens (tertiary/aromatic N) is 3. The number of phenolic OH excluding ortho intramolecular Hbond substituents is 2. The van der Waals surface area contributed by atoms with Gasteiger partial charge in [0.05, 0.1) is 34.2 Å². The first-order chi connectivity index (χ1) is 30.9. The number of hydrogen-bond acceptors (Lipinski definition) is 5. The highest BCUT2D eigenvalue weighted by Gasteiger charge is 2.17. The van der Waals surface area contributed by atoms with Gasteiger partial charge >= 0.3 is 0 Å². The minimum Gasteiger partial charge on any atom is -0.508 e. The van der Waals surface area contributed by atoms with E-state index in [4.69, 9.17) is 15.0 Å². The molecule has 300 valence electrons. The molecule has 0 aliphatic heterocycles. The van der Waals surface area contributed by atoms with E-state index in [0.29, 0.717) is 0 Å². The van der Waals surface area contributed by atoms with E-state index in [1.807, 2.05) is 66.7 Å². The van der Waals surface area contributed by atoms with Crippen molar-refractivity contribution in [3.63, 3.8) is 0 Å². The Morgan fingerprint density at radius 3 is 0.778 bits per heavy atom. The van der Waals surface area contributed by atoms with Crippen LogP contribution in [0.5, 0.6) is 11.5 Å². The number of aromatic nitrogens is 3. The van der Waals surface area contributed by atoms with E-state index in [0.717, 1.165) is 101 Å². The highest BCUT2D eigenvalue weighted by atomic mass is 16.3. The van der Waals surface area contributed by atoms with Crippen molar-refractivity contribution in [2.45, 2.75) is 6.92 Å². The zero-order valence-electron chi connectivity index (χ0n) is 34.5. The average molecular weight is 812 g/mol. The SMILES string of the molecule is Cc1ccc(-c2cc(-c3ccccc3)cc(-c3cc(-c4cc(-c5ccccc5)cc(-c5ccc(O)cc5)n4)cc(-c4cc(-c5ccccc5)cc(-c5ccc(O)cc5)n4)c3)n2)cc1. The number of rotatable bonds is 9. The fraction of sp³-hybridized carbons (Fsp3) is 0.0172. The minimum absolute atomic E-state index is 0.197. The molecule has 10 rings (SSSR count). The zero-order valence-corrected chi connectivity index (χ0v) is 34.5. The molecular formula is C58H41N3O2. The monoisotopic (exact) mass is 811 g/mol. The van der Waals surface area contributed by atoms with Gasteiger partial charge in [-0.2, -0.15) is 0 Å². The van der Waals surface area contributed by atoms with Gasteiger partial charge < -0.3 is 10.2 Å². The quantitative estimate of drug-likeness (QED) is 0.152. The predicted octanol–water partition coefficient (Wildman–Crippen LogP) is 14.6. The van der Waals surface area contributed by atoms with Crippen LogP contribution in [-0.2, 0) is 0 Å². The number of pyridine rings is 3. The molecule has 7 aromatic carbocycles. The van der Waals surface area contributed by atoms with Gasteiger partial charge in [-0.1, -0.05) is 121 Å². The molecule has 0 bridgehead atoms. The van der Waals surface area contributed by atoms with Gasteiger partial charge in [-0.3, -0.25) is 0 Å². The normalized spacial score (nSPS) is 11.1. The largest absolute Gasteiger partial charge is 0.508 e. The molecule has 5 heteroatoms. The molecule has 0 amide bonds. The number of aryl methyl sites for hydroxylation is 1. The van der Waals surface area contributed by atoms with E-state index in [1.54, 1.807) is 24.3 Å². The van der Waals surface area contributed by atoms with Gasteiger partial charge in [0.15, 0.2) is 0 Å². The summed E-state index contributed by atoms with van der Waals surface area (Å²) in [5.41, 5.74) is 17.8. The fourth-order valence-corrected chi connectivity index (χ4v) is 7.93. The first kappa shape index (κ1) is 38.8. The maximum Gasteiger partial charge on any atom is 0.115 e. The lowest BCUT2D eigenvalue weighted by Crippen LogP contribution is -1.96. The summed E-state index contributed by atoms with van der Waals surface area (Å²) in [4.78, 5) is 16.0. The highest BCUT2D eigenvalue weighted by Crippen LogP contribution is 2.39. The summed E-state index contributed by atoms with van der Waals surface area (Å²) in [5, 5.41) is 20.4. The molecule has 0 atom stereocenters. The number of aromatic hydroxyl groups is 2. The van der Waals surface area contributed by atoms with Crippen LogP contribution in [0.15, 0.2) is 218 Å². The Balaban J connectivity index is 1.24. The Hall–Kier alpha value is -8.41. The summed E-state index contributed by atoms with van der Waals surface area (Å²) in [6.45, 7) is 2.10. The molecule has 3 heterocycles. The highest BCUT2D eigenvalue weighted by molar-refractivity contribution is 5.86. The van der Waals surface area contributed by atoms with E-state index >= 15 is 0 Å². The molecule has 0 spiro atoms. The smallest absolute Gasteiger partial charge is 0.115 e. The zero-order chi connectivity index (χ0) is 42.7. The standard InChI is InChI=1S/C58H41N3O2/c1-38-17-19-42(20-18-38)53-32-45(39-11-5-2-6-12-39)35-56(59-53)48-29-49(57-36-46(40-13-7-3-8-14-40)33-54(60-57)43-21-25-51(62)26-22-43)31-50(30-48)58-37-47(41-15-9-4-10-16-41)34-55(61-58)44-23-27-52(63)28-24-44/h2-37,62-63H,1H3. The third kappa shape index (κ3) is 8.49. The van der Waals surface area contributed by atoms with Crippen molar-refractivity contribution in [3.05, 3.63) is 224 Å². The van der Waals surface area contributed by atoms with Crippen molar-refractivity contribution in [1.82, 2.24) is 15.0 Å². The second-order valence-corrected chi connectivity index (χ2v) is 15.7. The second-order valence-electron chi connectivity index (χ2n) is 15.7. The number of benzene rings is 7. The van der Waals surface area contributed by atoms with Crippen molar-refractivity contribution in [2.75, 3.05) is 0 Å². The van der Waals surface area contributed by atoms with E-state index < -0.39 is 0 Å². The van der Waals surface area contributed by atoms with Crippen LogP contribution in [0.4, 0.5) is 0 Å². The Labute approximate surface area is 367 Å². The molecule has 10 aromatic rings. The minimum atomic E-state index is 0.197. The number of phenols is 2. The van der Waals surface area contributed by atoms with E-state index in [-0.39, 0.29) is 11.5 Å². The van der Waals surface area contributed by atoms with Crippen molar-refractivity contribution in [2.24, 2.45) is 0 Å². The molecule has 0 saturated carbocycles. The maximum atomic E-state index is 10.2. The summed E-state index contributed by atoms with van der Waals surface area (Å²) in [6, 6.07) is 73.3. The van der Waals surface area contributed by atoms with Crippen LogP contribution in [0.25, 0.3) is 101 Å². The topological polar surface area (TPSA) is 79.1 Å². The van der Waals surface area contributed by atoms with E-state index in [1.165, 1.54) is 5.56 Å². The molecule has 63 heavy (non-hydrogen) atoms. The van der Waals surface area contributed by atoms with Gasteiger partial charge in [-0.25, -0.2) is 15.0 Å². The molecule has 5 nitrogen and oxygen atoms in total. The third-order valence-electron chi connectivity index (χ3n) is 11.3. The van der Waals surface area contributed by atoms with Crippen LogP contribution in [0.2, 0.25) is 0 Å². The van der Waals surface area contributed by atoms with E-state index in [9.17, 15) is 10.2 Å². The van der Waals surface area contributed by atoms with Gasteiger partial charge in [0, 0.05) is 33.4 Å². The van der Waals surface area contributed by atoms with Crippen LogP contribution in [0.3, 0.4) is 0 Å².